The molecule has 2 aromatic heterocycles. The average Bonchev–Trinajstić information content (AvgIpc) is 3.40. The first-order valence-electron chi connectivity index (χ1n) is 12.9. The number of anilines is 3. The maximum absolute atomic E-state index is 13.8. The molecule has 15 heteroatoms. The Morgan fingerprint density at radius 3 is 2.44 bits per heavy atom. The van der Waals surface area contributed by atoms with Gasteiger partial charge in [-0.2, -0.15) is 13.2 Å². The zero-order chi connectivity index (χ0) is 30.5. The van der Waals surface area contributed by atoms with Crippen molar-refractivity contribution in [3.63, 3.8) is 0 Å². The van der Waals surface area contributed by atoms with Crippen molar-refractivity contribution in [1.29, 1.82) is 0 Å². The monoisotopic (exact) mass is 617 g/mol. The SMILES string of the molecule is COc1cc(NC(=O)c2c(OC)ccc3nc(N4C5COCC4C5)sc23)c(C(=O)Nc2ccc(F)cc2C(F)(F)F)cn1. The van der Waals surface area contributed by atoms with Crippen LogP contribution in [-0.4, -0.2) is 61.3 Å². The molecule has 2 unspecified atom stereocenters. The number of carbonyl (C=O) groups is 2. The Labute approximate surface area is 245 Å². The highest BCUT2D eigenvalue weighted by Gasteiger charge is 2.44. The Hall–Kier alpha value is -4.50. The van der Waals surface area contributed by atoms with Crippen molar-refractivity contribution in [1.82, 2.24) is 9.97 Å². The lowest BCUT2D eigenvalue weighted by Gasteiger charge is -2.52. The summed E-state index contributed by atoms with van der Waals surface area (Å²) in [5, 5.41) is 5.55. The average molecular weight is 618 g/mol. The van der Waals surface area contributed by atoms with Crippen LogP contribution >= 0.6 is 11.3 Å². The van der Waals surface area contributed by atoms with Crippen molar-refractivity contribution in [3.05, 3.63) is 65.1 Å². The smallest absolute Gasteiger partial charge is 0.418 e. The van der Waals surface area contributed by atoms with E-state index in [-0.39, 0.29) is 46.6 Å². The molecule has 0 saturated carbocycles. The number of thiazole rings is 1. The number of rotatable bonds is 7. The van der Waals surface area contributed by atoms with E-state index in [1.807, 2.05) is 0 Å². The summed E-state index contributed by atoms with van der Waals surface area (Å²) >= 11 is 1.32. The van der Waals surface area contributed by atoms with Crippen LogP contribution in [0.1, 0.15) is 32.7 Å². The number of methoxy groups -OCH3 is 2. The second-order valence-electron chi connectivity index (χ2n) is 9.84. The predicted octanol–water partition coefficient (Wildman–Crippen LogP) is 5.35. The normalized spacial score (nSPS) is 17.8. The molecule has 2 bridgehead atoms. The number of morpholine rings is 1. The summed E-state index contributed by atoms with van der Waals surface area (Å²) in [6.45, 7) is 1.19. The standard InChI is InChI=1S/C28H23F4N5O5S/c1-40-21-6-5-19-24(43-27(36-19)37-14-8-15(37)12-42-11-14)23(21)26(39)35-20-9-22(41-2)33-10-16(20)25(38)34-18-4-3-13(29)7-17(18)28(30,31)32/h3-7,9-10,14-15H,8,11-12H2,1-2H3,(H,34,38)(H,33,35,39). The topological polar surface area (TPSA) is 115 Å². The first kappa shape index (κ1) is 28.6. The number of nitrogens with one attached hydrogen (secondary N) is 2. The third-order valence-electron chi connectivity index (χ3n) is 7.24. The fourth-order valence-electron chi connectivity index (χ4n) is 5.17. The van der Waals surface area contributed by atoms with Crippen LogP contribution in [0.3, 0.4) is 0 Å². The molecular formula is C28H23F4N5O5S. The lowest BCUT2D eigenvalue weighted by atomic mass is 9.92. The van der Waals surface area contributed by atoms with E-state index in [0.717, 1.165) is 29.9 Å². The summed E-state index contributed by atoms with van der Waals surface area (Å²) in [6, 6.07) is 6.90. The predicted molar refractivity (Wildman–Crippen MR) is 150 cm³/mol. The molecule has 2 atom stereocenters. The van der Waals surface area contributed by atoms with Gasteiger partial charge in [0, 0.05) is 12.3 Å². The van der Waals surface area contributed by atoms with Gasteiger partial charge in [0.1, 0.15) is 17.1 Å². The van der Waals surface area contributed by atoms with Crippen molar-refractivity contribution in [2.45, 2.75) is 24.7 Å². The van der Waals surface area contributed by atoms with Gasteiger partial charge >= 0.3 is 6.18 Å². The molecule has 0 radical (unpaired) electrons. The number of hydrogen-bond acceptors (Lipinski definition) is 9. The van der Waals surface area contributed by atoms with E-state index >= 15 is 0 Å². The Morgan fingerprint density at radius 1 is 1.02 bits per heavy atom. The van der Waals surface area contributed by atoms with Crippen LogP contribution < -0.4 is 25.0 Å². The number of carbonyl (C=O) groups excluding carboxylic acids is 2. The summed E-state index contributed by atoms with van der Waals surface area (Å²) < 4.78 is 70.9. The van der Waals surface area contributed by atoms with Crippen molar-refractivity contribution in [2.24, 2.45) is 0 Å². The van der Waals surface area contributed by atoms with Crippen LogP contribution in [0.4, 0.5) is 34.1 Å². The number of halogens is 4. The second-order valence-corrected chi connectivity index (χ2v) is 10.8. The molecule has 6 rings (SSSR count). The van der Waals surface area contributed by atoms with Crippen molar-refractivity contribution in [2.75, 3.05) is 43.0 Å². The summed E-state index contributed by atoms with van der Waals surface area (Å²) in [6.07, 6.45) is -2.89. The largest absolute Gasteiger partial charge is 0.496 e. The Kier molecular flexibility index (Phi) is 7.30. The molecule has 2 aliphatic rings. The van der Waals surface area contributed by atoms with E-state index in [9.17, 15) is 27.2 Å². The van der Waals surface area contributed by atoms with E-state index in [1.165, 1.54) is 31.6 Å². The van der Waals surface area contributed by atoms with E-state index in [4.69, 9.17) is 19.2 Å². The number of alkyl halides is 3. The third kappa shape index (κ3) is 5.29. The molecule has 2 fully saturated rings. The zero-order valence-corrected chi connectivity index (χ0v) is 23.4. The van der Waals surface area contributed by atoms with Crippen LogP contribution in [0.15, 0.2) is 42.6 Å². The Balaban J connectivity index is 1.34. The number of aromatic nitrogens is 2. The molecule has 2 aromatic carbocycles. The van der Waals surface area contributed by atoms with Gasteiger partial charge in [0.15, 0.2) is 5.13 Å². The van der Waals surface area contributed by atoms with E-state index in [2.05, 4.69) is 20.5 Å². The highest BCUT2D eigenvalue weighted by atomic mass is 32.1. The van der Waals surface area contributed by atoms with E-state index < -0.39 is 35.1 Å². The highest BCUT2D eigenvalue weighted by Crippen LogP contribution is 2.43. The molecule has 43 heavy (non-hydrogen) atoms. The number of pyridine rings is 1. The molecule has 4 aromatic rings. The minimum atomic E-state index is -4.94. The van der Waals surface area contributed by atoms with Crippen LogP contribution in [0.25, 0.3) is 10.2 Å². The number of benzene rings is 2. The van der Waals surface area contributed by atoms with Crippen LogP contribution in [0, 0.1) is 5.82 Å². The lowest BCUT2D eigenvalue weighted by molar-refractivity contribution is -0.137. The minimum Gasteiger partial charge on any atom is -0.496 e. The maximum atomic E-state index is 13.8. The lowest BCUT2D eigenvalue weighted by Crippen LogP contribution is -2.64. The summed E-state index contributed by atoms with van der Waals surface area (Å²) in [5.41, 5.74) is -1.68. The zero-order valence-electron chi connectivity index (χ0n) is 22.6. The molecule has 2 N–H and O–H groups in total. The number of hydrogen-bond donors (Lipinski definition) is 2. The number of amides is 2. The summed E-state index contributed by atoms with van der Waals surface area (Å²) in [5.74, 6) is -2.53. The molecule has 10 nitrogen and oxygen atoms in total. The van der Waals surface area contributed by atoms with Gasteiger partial charge in [-0.3, -0.25) is 9.59 Å². The molecule has 2 saturated heterocycles. The molecule has 2 amide bonds. The van der Waals surface area contributed by atoms with Crippen molar-refractivity contribution >= 4 is 49.9 Å². The molecule has 4 heterocycles. The Morgan fingerprint density at radius 2 is 1.77 bits per heavy atom. The third-order valence-corrected chi connectivity index (χ3v) is 8.35. The highest BCUT2D eigenvalue weighted by molar-refractivity contribution is 7.22. The van der Waals surface area contributed by atoms with Gasteiger partial charge in [-0.1, -0.05) is 11.3 Å². The maximum Gasteiger partial charge on any atom is 0.418 e. The van der Waals surface area contributed by atoms with E-state index in [0.29, 0.717) is 23.4 Å². The van der Waals surface area contributed by atoms with Crippen LogP contribution in [0.2, 0.25) is 0 Å². The van der Waals surface area contributed by atoms with Gasteiger partial charge in [-0.25, -0.2) is 14.4 Å². The first-order chi connectivity index (χ1) is 20.6. The second kappa shape index (κ2) is 11.0. The van der Waals surface area contributed by atoms with Gasteiger partial charge in [-0.05, 0) is 36.8 Å². The van der Waals surface area contributed by atoms with Gasteiger partial charge in [0.25, 0.3) is 11.8 Å². The van der Waals surface area contributed by atoms with Crippen molar-refractivity contribution < 1.29 is 41.4 Å². The van der Waals surface area contributed by atoms with Gasteiger partial charge < -0.3 is 29.7 Å². The minimum absolute atomic E-state index is 0.0291. The molecule has 224 valence electrons. The van der Waals surface area contributed by atoms with Gasteiger partial charge in [-0.15, -0.1) is 0 Å². The number of ether oxygens (including phenoxy) is 3. The van der Waals surface area contributed by atoms with Gasteiger partial charge in [0.2, 0.25) is 5.88 Å². The van der Waals surface area contributed by atoms with E-state index in [1.54, 1.807) is 12.1 Å². The Bertz CT molecular complexity index is 1730. The quantitative estimate of drug-likeness (QED) is 0.267. The number of nitrogens with zero attached hydrogens (tertiary/aromatic N) is 3. The molecule has 0 spiro atoms. The molecular weight excluding hydrogens is 594 g/mol. The number of fused-ring (bicyclic) bond motifs is 3. The fraction of sp³-hybridized carbons (Fsp3) is 0.286. The summed E-state index contributed by atoms with van der Waals surface area (Å²) in [7, 11) is 2.73. The fourth-order valence-corrected chi connectivity index (χ4v) is 6.42. The molecule has 0 aliphatic carbocycles. The molecule has 2 aliphatic heterocycles. The van der Waals surface area contributed by atoms with Crippen LogP contribution in [-0.2, 0) is 10.9 Å². The summed E-state index contributed by atoms with van der Waals surface area (Å²) in [4.78, 5) is 37.9. The van der Waals surface area contributed by atoms with Gasteiger partial charge in [0.05, 0.1) is 72.2 Å². The van der Waals surface area contributed by atoms with Crippen LogP contribution in [0.5, 0.6) is 11.6 Å². The first-order valence-corrected chi connectivity index (χ1v) is 13.8. The van der Waals surface area contributed by atoms with Crippen molar-refractivity contribution in [3.8, 4) is 11.6 Å².